The molecule has 0 radical (unpaired) electrons. The van der Waals surface area contributed by atoms with E-state index in [1.807, 2.05) is 0 Å². The highest BCUT2D eigenvalue weighted by Crippen LogP contribution is 2.48. The molecule has 17 heavy (non-hydrogen) atoms. The van der Waals surface area contributed by atoms with Gasteiger partial charge < -0.3 is 15.2 Å². The molecule has 0 amide bonds. The Kier molecular flexibility index (Phi) is 2.60. The molecule has 1 aromatic rings. The predicted molar refractivity (Wildman–Crippen MR) is 69.6 cm³/mol. The third-order valence-corrected chi connectivity index (χ3v) is 4.31. The lowest BCUT2D eigenvalue weighted by Gasteiger charge is -2.13. The fourth-order valence-corrected chi connectivity index (χ4v) is 3.44. The van der Waals surface area contributed by atoms with E-state index in [2.05, 4.69) is 29.8 Å². The van der Waals surface area contributed by atoms with Crippen LogP contribution in [0.1, 0.15) is 30.5 Å². The molecule has 0 fully saturated rings. The Morgan fingerprint density at radius 3 is 2.35 bits per heavy atom. The molecule has 0 saturated heterocycles. The maximum absolute atomic E-state index is 5.90. The maximum Gasteiger partial charge on any atom is 0.138 e. The van der Waals surface area contributed by atoms with Crippen LogP contribution >= 0.6 is 15.9 Å². The fourth-order valence-electron chi connectivity index (χ4n) is 2.77. The topological polar surface area (TPSA) is 44.5 Å². The Bertz CT molecular complexity index is 448. The monoisotopic (exact) mass is 297 g/mol. The average Bonchev–Trinajstić information content (AvgIpc) is 2.83. The normalized spacial score (nSPS) is 25.2. The zero-order valence-electron chi connectivity index (χ0n) is 10.0. The Labute approximate surface area is 109 Å². The first-order valence-electron chi connectivity index (χ1n) is 6.01. The number of halogens is 1. The van der Waals surface area contributed by atoms with Crippen LogP contribution < -0.4 is 15.2 Å². The van der Waals surface area contributed by atoms with E-state index in [4.69, 9.17) is 15.2 Å². The van der Waals surface area contributed by atoms with E-state index in [9.17, 15) is 0 Å². The molecular formula is C13H16BrNO2. The van der Waals surface area contributed by atoms with Gasteiger partial charge in [-0.3, -0.25) is 0 Å². The summed E-state index contributed by atoms with van der Waals surface area (Å²) in [6.07, 6.45) is 2.30. The van der Waals surface area contributed by atoms with Gasteiger partial charge in [0, 0.05) is 36.1 Å². The molecule has 92 valence electrons. The number of ether oxygens (including phenoxy) is 2. The predicted octanol–water partition coefficient (Wildman–Crippen LogP) is 2.55. The molecule has 4 heteroatoms. The molecule has 3 rings (SSSR count). The molecule has 2 N–H and O–H groups in total. The van der Waals surface area contributed by atoms with Gasteiger partial charge in [0.25, 0.3) is 0 Å². The molecule has 1 aromatic carbocycles. The minimum Gasteiger partial charge on any atom is -0.490 e. The van der Waals surface area contributed by atoms with E-state index >= 15 is 0 Å². The first-order valence-corrected chi connectivity index (χ1v) is 6.80. The van der Waals surface area contributed by atoms with Crippen molar-refractivity contribution in [3.05, 3.63) is 21.2 Å². The van der Waals surface area contributed by atoms with Crippen LogP contribution in [0.5, 0.6) is 11.5 Å². The van der Waals surface area contributed by atoms with Gasteiger partial charge in [-0.1, -0.05) is 0 Å². The molecule has 3 nitrogen and oxygen atoms in total. The van der Waals surface area contributed by atoms with Crippen LogP contribution in [0.4, 0.5) is 0 Å². The zero-order valence-corrected chi connectivity index (χ0v) is 11.6. The molecule has 0 spiro atoms. The molecule has 0 aromatic heterocycles. The molecule has 2 unspecified atom stereocenters. The first kappa shape index (κ1) is 11.4. The van der Waals surface area contributed by atoms with Crippen molar-refractivity contribution in [1.82, 2.24) is 0 Å². The van der Waals surface area contributed by atoms with Gasteiger partial charge in [-0.2, -0.15) is 0 Å². The minimum absolute atomic E-state index is 0.228. The van der Waals surface area contributed by atoms with Crippen LogP contribution in [0.15, 0.2) is 4.47 Å². The van der Waals surface area contributed by atoms with Crippen LogP contribution in [-0.2, 0) is 19.4 Å². The fraction of sp³-hybridized carbons (Fsp3) is 0.538. The number of hydrogen-bond acceptors (Lipinski definition) is 3. The number of fused-ring (bicyclic) bond motifs is 2. The van der Waals surface area contributed by atoms with Gasteiger partial charge in [0.1, 0.15) is 23.7 Å². The number of hydrogen-bond donors (Lipinski definition) is 1. The van der Waals surface area contributed by atoms with E-state index in [-0.39, 0.29) is 12.2 Å². The second kappa shape index (κ2) is 3.89. The Hall–Kier alpha value is -0.740. The summed E-state index contributed by atoms with van der Waals surface area (Å²) in [5.74, 6) is 1.97. The van der Waals surface area contributed by atoms with Gasteiger partial charge in [0.05, 0.1) is 4.47 Å². The largest absolute Gasteiger partial charge is 0.490 e. The van der Waals surface area contributed by atoms with Crippen LogP contribution in [0.25, 0.3) is 0 Å². The summed E-state index contributed by atoms with van der Waals surface area (Å²) in [7, 11) is 0. The molecular weight excluding hydrogens is 282 g/mol. The highest BCUT2D eigenvalue weighted by atomic mass is 79.9. The summed E-state index contributed by atoms with van der Waals surface area (Å²) < 4.78 is 12.9. The highest BCUT2D eigenvalue weighted by molar-refractivity contribution is 9.10. The zero-order chi connectivity index (χ0) is 12.2. The molecule has 0 saturated carbocycles. The second-order valence-electron chi connectivity index (χ2n) is 4.88. The van der Waals surface area contributed by atoms with Gasteiger partial charge >= 0.3 is 0 Å². The Morgan fingerprint density at radius 1 is 1.12 bits per heavy atom. The number of nitrogens with two attached hydrogens (primary N) is 1. The summed E-state index contributed by atoms with van der Waals surface area (Å²) in [5.41, 5.74) is 9.45. The van der Waals surface area contributed by atoms with E-state index in [1.165, 1.54) is 11.1 Å². The van der Waals surface area contributed by atoms with E-state index < -0.39 is 0 Å². The molecule has 0 aliphatic carbocycles. The lowest BCUT2D eigenvalue weighted by molar-refractivity contribution is 0.251. The highest BCUT2D eigenvalue weighted by Gasteiger charge is 2.34. The van der Waals surface area contributed by atoms with Gasteiger partial charge in [0.15, 0.2) is 0 Å². The summed E-state index contributed by atoms with van der Waals surface area (Å²) in [6, 6.07) is 0. The summed E-state index contributed by atoms with van der Waals surface area (Å²) in [4.78, 5) is 0. The second-order valence-corrected chi connectivity index (χ2v) is 5.67. The average molecular weight is 298 g/mol. The SMILES string of the molecule is CC1Cc2c(CN)c3c(c(Br)c2O1)CC(C)O3. The van der Waals surface area contributed by atoms with Crippen molar-refractivity contribution in [3.63, 3.8) is 0 Å². The third-order valence-electron chi connectivity index (χ3n) is 3.48. The van der Waals surface area contributed by atoms with Crippen molar-refractivity contribution in [2.75, 3.05) is 0 Å². The standard InChI is InChI=1S/C13H16BrNO2/c1-6-3-8-10(5-15)12-9(4-7(2)16-12)11(14)13(8)17-6/h6-7H,3-5,15H2,1-2H3. The molecule has 2 aliphatic heterocycles. The molecule has 2 aliphatic rings. The van der Waals surface area contributed by atoms with E-state index in [0.717, 1.165) is 34.4 Å². The smallest absolute Gasteiger partial charge is 0.138 e. The maximum atomic E-state index is 5.90. The van der Waals surface area contributed by atoms with Gasteiger partial charge in [-0.25, -0.2) is 0 Å². The van der Waals surface area contributed by atoms with Crippen LogP contribution in [0, 0.1) is 0 Å². The van der Waals surface area contributed by atoms with E-state index in [1.54, 1.807) is 0 Å². The van der Waals surface area contributed by atoms with Crippen LogP contribution in [-0.4, -0.2) is 12.2 Å². The lowest BCUT2D eigenvalue weighted by atomic mass is 9.98. The summed E-state index contributed by atoms with van der Waals surface area (Å²) in [5, 5.41) is 0. The van der Waals surface area contributed by atoms with Crippen molar-refractivity contribution >= 4 is 15.9 Å². The third kappa shape index (κ3) is 1.58. The minimum atomic E-state index is 0.228. The lowest BCUT2D eigenvalue weighted by Crippen LogP contribution is -2.09. The number of benzene rings is 1. The van der Waals surface area contributed by atoms with Gasteiger partial charge in [-0.15, -0.1) is 0 Å². The number of rotatable bonds is 1. The quantitative estimate of drug-likeness (QED) is 0.866. The Morgan fingerprint density at radius 2 is 1.71 bits per heavy atom. The van der Waals surface area contributed by atoms with E-state index in [0.29, 0.717) is 6.54 Å². The molecule has 2 heterocycles. The van der Waals surface area contributed by atoms with Crippen molar-refractivity contribution in [2.24, 2.45) is 5.73 Å². The van der Waals surface area contributed by atoms with Crippen molar-refractivity contribution in [2.45, 2.75) is 45.4 Å². The molecule has 0 bridgehead atoms. The first-order chi connectivity index (χ1) is 8.11. The van der Waals surface area contributed by atoms with Crippen LogP contribution in [0.3, 0.4) is 0 Å². The summed E-state index contributed by atoms with van der Waals surface area (Å²) in [6.45, 7) is 4.68. The molecule has 2 atom stereocenters. The van der Waals surface area contributed by atoms with Gasteiger partial charge in [0.2, 0.25) is 0 Å². The summed E-state index contributed by atoms with van der Waals surface area (Å²) >= 11 is 3.66. The van der Waals surface area contributed by atoms with Crippen molar-refractivity contribution in [3.8, 4) is 11.5 Å². The Balaban J connectivity index is 2.23. The van der Waals surface area contributed by atoms with Crippen molar-refractivity contribution in [1.29, 1.82) is 0 Å². The van der Waals surface area contributed by atoms with Gasteiger partial charge in [-0.05, 0) is 29.8 Å². The van der Waals surface area contributed by atoms with Crippen LogP contribution in [0.2, 0.25) is 0 Å². The van der Waals surface area contributed by atoms with Crippen molar-refractivity contribution < 1.29 is 9.47 Å².